The molecule has 0 aromatic heterocycles. The van der Waals surface area contributed by atoms with E-state index in [-0.39, 0.29) is 18.5 Å². The van der Waals surface area contributed by atoms with Gasteiger partial charge in [-0.3, -0.25) is 9.59 Å². The molecule has 2 atom stereocenters. The summed E-state index contributed by atoms with van der Waals surface area (Å²) in [6, 6.07) is 12.1. The molecular weight excluding hydrogens is 460 g/mol. The number of Topliss-reactive ketones (excluding diaryl/α,β-unsaturated/α-hetero) is 1. The van der Waals surface area contributed by atoms with Gasteiger partial charge in [0, 0.05) is 24.9 Å². The van der Waals surface area contributed by atoms with Crippen molar-refractivity contribution in [3.05, 3.63) is 53.6 Å². The van der Waals surface area contributed by atoms with Gasteiger partial charge in [0.15, 0.2) is 17.3 Å². The van der Waals surface area contributed by atoms with Gasteiger partial charge in [-0.05, 0) is 80.7 Å². The Balaban J connectivity index is 1.24. The predicted molar refractivity (Wildman–Crippen MR) is 136 cm³/mol. The van der Waals surface area contributed by atoms with E-state index in [1.54, 1.807) is 43.5 Å². The van der Waals surface area contributed by atoms with Crippen molar-refractivity contribution in [2.24, 2.45) is 0 Å². The van der Waals surface area contributed by atoms with Crippen LogP contribution in [0.2, 0.25) is 0 Å². The zero-order valence-electron chi connectivity index (χ0n) is 20.9. The third kappa shape index (κ3) is 6.98. The van der Waals surface area contributed by atoms with Gasteiger partial charge in [0.25, 0.3) is 0 Å². The molecule has 0 radical (unpaired) electrons. The second-order valence-electron chi connectivity index (χ2n) is 9.45. The summed E-state index contributed by atoms with van der Waals surface area (Å²) in [7, 11) is 1.60. The van der Waals surface area contributed by atoms with Gasteiger partial charge in [0.1, 0.15) is 11.9 Å². The summed E-state index contributed by atoms with van der Waals surface area (Å²) in [6.45, 7) is 2.72. The zero-order chi connectivity index (χ0) is 25.3. The highest BCUT2D eigenvalue weighted by atomic mass is 16.7. The summed E-state index contributed by atoms with van der Waals surface area (Å²) in [5.74, 6) is 2.02. The number of hydrogen-bond acceptors (Lipinski definition) is 7. The maximum absolute atomic E-state index is 12.8. The molecule has 2 aromatic carbocycles. The fraction of sp³-hybridized carbons (Fsp3) is 0.500. The smallest absolute Gasteiger partial charge is 0.231 e. The Morgan fingerprint density at radius 1 is 1.00 bits per heavy atom. The molecule has 8 heteroatoms. The number of amides is 1. The average Bonchev–Trinajstić information content (AvgIpc) is 3.59. The molecule has 2 N–H and O–H groups in total. The fourth-order valence-corrected chi connectivity index (χ4v) is 4.75. The standard InChI is InChI=1S/C28H36N2O6/c1-34-22-12-9-20(10-13-22)24(31)7-3-2-4-8-27(32)29-23(18-30-15-5-6-16-30)28(33)21-11-14-25-26(17-21)36-19-35-25/h9-14,17,23,28,33H,2-8,15-16,18-19H2,1H3,(H,29,32). The van der Waals surface area contributed by atoms with E-state index in [0.29, 0.717) is 48.4 Å². The van der Waals surface area contributed by atoms with Gasteiger partial charge >= 0.3 is 0 Å². The summed E-state index contributed by atoms with van der Waals surface area (Å²) >= 11 is 0. The highest BCUT2D eigenvalue weighted by molar-refractivity contribution is 5.96. The fourth-order valence-electron chi connectivity index (χ4n) is 4.75. The van der Waals surface area contributed by atoms with Gasteiger partial charge in [-0.15, -0.1) is 0 Å². The molecule has 2 unspecified atom stereocenters. The first kappa shape index (κ1) is 26.0. The van der Waals surface area contributed by atoms with Crippen LogP contribution >= 0.6 is 0 Å². The van der Waals surface area contributed by atoms with Crippen molar-refractivity contribution < 1.29 is 28.9 Å². The van der Waals surface area contributed by atoms with Crippen molar-refractivity contribution in [2.75, 3.05) is 33.5 Å². The van der Waals surface area contributed by atoms with Crippen LogP contribution in [0.1, 0.15) is 67.0 Å². The van der Waals surface area contributed by atoms with E-state index in [1.807, 2.05) is 6.07 Å². The van der Waals surface area contributed by atoms with Crippen LogP contribution in [0.4, 0.5) is 0 Å². The van der Waals surface area contributed by atoms with Crippen molar-refractivity contribution in [1.29, 1.82) is 0 Å². The van der Waals surface area contributed by atoms with Crippen molar-refractivity contribution in [3.8, 4) is 17.2 Å². The molecule has 2 aliphatic rings. The summed E-state index contributed by atoms with van der Waals surface area (Å²) in [6.07, 6.45) is 4.44. The molecule has 4 rings (SSSR count). The van der Waals surface area contributed by atoms with Crippen LogP contribution in [-0.2, 0) is 4.79 Å². The van der Waals surface area contributed by atoms with E-state index >= 15 is 0 Å². The summed E-state index contributed by atoms with van der Waals surface area (Å²) < 4.78 is 16.0. The molecule has 0 saturated carbocycles. The SMILES string of the molecule is COc1ccc(C(=O)CCCCCC(=O)NC(CN2CCCC2)C(O)c2ccc3c(c2)OCO3)cc1. The maximum atomic E-state index is 12.8. The number of aliphatic hydroxyl groups excluding tert-OH is 1. The van der Waals surface area contributed by atoms with Crippen molar-refractivity contribution >= 4 is 11.7 Å². The molecule has 0 bridgehead atoms. The number of rotatable bonds is 13. The average molecular weight is 497 g/mol. The summed E-state index contributed by atoms with van der Waals surface area (Å²) in [5, 5.41) is 14.2. The molecule has 1 fully saturated rings. The maximum Gasteiger partial charge on any atom is 0.231 e. The van der Waals surface area contributed by atoms with Crippen LogP contribution in [-0.4, -0.2) is 61.3 Å². The summed E-state index contributed by atoms with van der Waals surface area (Å²) in [4.78, 5) is 27.4. The summed E-state index contributed by atoms with van der Waals surface area (Å²) in [5.41, 5.74) is 1.37. The van der Waals surface area contributed by atoms with E-state index in [0.717, 1.165) is 44.5 Å². The van der Waals surface area contributed by atoms with Crippen LogP contribution in [0, 0.1) is 0 Å². The van der Waals surface area contributed by atoms with Crippen LogP contribution in [0.25, 0.3) is 0 Å². The number of nitrogens with one attached hydrogen (secondary N) is 1. The number of benzene rings is 2. The lowest BCUT2D eigenvalue weighted by atomic mass is 10.0. The van der Waals surface area contributed by atoms with Crippen LogP contribution in [0.5, 0.6) is 17.2 Å². The predicted octanol–water partition coefficient (Wildman–Crippen LogP) is 3.87. The highest BCUT2D eigenvalue weighted by Crippen LogP contribution is 2.35. The van der Waals surface area contributed by atoms with E-state index < -0.39 is 12.1 Å². The first-order valence-corrected chi connectivity index (χ1v) is 12.8. The third-order valence-electron chi connectivity index (χ3n) is 6.84. The Morgan fingerprint density at radius 2 is 1.72 bits per heavy atom. The quantitative estimate of drug-likeness (QED) is 0.321. The second-order valence-corrected chi connectivity index (χ2v) is 9.45. The number of fused-ring (bicyclic) bond motifs is 1. The molecular formula is C28H36N2O6. The number of nitrogens with zero attached hydrogens (tertiary/aromatic N) is 1. The van der Waals surface area contributed by atoms with E-state index in [9.17, 15) is 14.7 Å². The Morgan fingerprint density at radius 3 is 2.47 bits per heavy atom. The van der Waals surface area contributed by atoms with Crippen LogP contribution < -0.4 is 19.5 Å². The normalized spacial score (nSPS) is 16.5. The van der Waals surface area contributed by atoms with Gasteiger partial charge < -0.3 is 29.5 Å². The monoisotopic (exact) mass is 496 g/mol. The number of ether oxygens (including phenoxy) is 3. The molecule has 0 spiro atoms. The van der Waals surface area contributed by atoms with E-state index in [4.69, 9.17) is 14.2 Å². The molecule has 1 amide bonds. The Bertz CT molecular complexity index is 1020. The lowest BCUT2D eigenvalue weighted by Crippen LogP contribution is -2.46. The zero-order valence-corrected chi connectivity index (χ0v) is 20.9. The topological polar surface area (TPSA) is 97.3 Å². The molecule has 2 aromatic rings. The number of methoxy groups -OCH3 is 1. The Labute approximate surface area is 212 Å². The van der Waals surface area contributed by atoms with Crippen LogP contribution in [0.15, 0.2) is 42.5 Å². The number of ketones is 1. The van der Waals surface area contributed by atoms with Crippen LogP contribution in [0.3, 0.4) is 0 Å². The van der Waals surface area contributed by atoms with E-state index in [2.05, 4.69) is 10.2 Å². The lowest BCUT2D eigenvalue weighted by molar-refractivity contribution is -0.123. The molecule has 1 saturated heterocycles. The van der Waals surface area contributed by atoms with Crippen molar-refractivity contribution in [2.45, 2.75) is 57.1 Å². The molecule has 194 valence electrons. The number of unbranched alkanes of at least 4 members (excludes halogenated alkanes) is 2. The first-order chi connectivity index (χ1) is 17.5. The third-order valence-corrected chi connectivity index (χ3v) is 6.84. The minimum Gasteiger partial charge on any atom is -0.497 e. The lowest BCUT2D eigenvalue weighted by Gasteiger charge is -2.29. The molecule has 2 aliphatic heterocycles. The number of likely N-dealkylation sites (tertiary alicyclic amines) is 1. The molecule has 2 heterocycles. The number of aliphatic hydroxyl groups is 1. The molecule has 36 heavy (non-hydrogen) atoms. The Kier molecular flexibility index (Phi) is 9.19. The Hall–Kier alpha value is -3.10. The van der Waals surface area contributed by atoms with Gasteiger partial charge in [0.05, 0.1) is 13.2 Å². The first-order valence-electron chi connectivity index (χ1n) is 12.8. The number of carbonyl (C=O) groups is 2. The second kappa shape index (κ2) is 12.7. The van der Waals surface area contributed by atoms with Gasteiger partial charge in [0.2, 0.25) is 12.7 Å². The minimum absolute atomic E-state index is 0.0829. The van der Waals surface area contributed by atoms with Crippen molar-refractivity contribution in [1.82, 2.24) is 10.2 Å². The van der Waals surface area contributed by atoms with Crippen molar-refractivity contribution in [3.63, 3.8) is 0 Å². The van der Waals surface area contributed by atoms with Gasteiger partial charge in [-0.2, -0.15) is 0 Å². The number of carbonyl (C=O) groups excluding carboxylic acids is 2. The van der Waals surface area contributed by atoms with E-state index in [1.165, 1.54) is 0 Å². The minimum atomic E-state index is -0.855. The van der Waals surface area contributed by atoms with Gasteiger partial charge in [-0.25, -0.2) is 0 Å². The largest absolute Gasteiger partial charge is 0.497 e. The highest BCUT2D eigenvalue weighted by Gasteiger charge is 2.28. The molecule has 0 aliphatic carbocycles. The number of hydrogen-bond donors (Lipinski definition) is 2. The molecule has 8 nitrogen and oxygen atoms in total. The van der Waals surface area contributed by atoms with Gasteiger partial charge in [-0.1, -0.05) is 12.5 Å².